The highest BCUT2D eigenvalue weighted by Gasteiger charge is 2.09. The van der Waals surface area contributed by atoms with Crippen LogP contribution in [0.15, 0.2) is 42.5 Å². The lowest BCUT2D eigenvalue weighted by atomic mass is 10.1. The first kappa shape index (κ1) is 15.1. The quantitative estimate of drug-likeness (QED) is 0.833. The zero-order valence-corrected chi connectivity index (χ0v) is 12.6. The second kappa shape index (κ2) is 6.45. The molecular formula is C16H15FN2OS. The van der Waals surface area contributed by atoms with Crippen molar-refractivity contribution < 1.29 is 9.18 Å². The summed E-state index contributed by atoms with van der Waals surface area (Å²) >= 11 is 5.12. The Morgan fingerprint density at radius 1 is 1.10 bits per heavy atom. The van der Waals surface area contributed by atoms with Gasteiger partial charge in [0.2, 0.25) is 0 Å². The Hall–Kier alpha value is -2.27. The molecule has 3 nitrogen and oxygen atoms in total. The van der Waals surface area contributed by atoms with E-state index in [9.17, 15) is 9.18 Å². The fraction of sp³-hybridized carbons (Fsp3) is 0.125. The van der Waals surface area contributed by atoms with Crippen LogP contribution in [0.1, 0.15) is 21.5 Å². The summed E-state index contributed by atoms with van der Waals surface area (Å²) in [5.74, 6) is -0.763. The summed E-state index contributed by atoms with van der Waals surface area (Å²) in [5, 5.41) is 5.76. The van der Waals surface area contributed by atoms with Crippen LogP contribution in [-0.4, -0.2) is 11.0 Å². The van der Waals surface area contributed by atoms with Gasteiger partial charge in [-0.25, -0.2) is 4.39 Å². The van der Waals surface area contributed by atoms with Gasteiger partial charge in [0.15, 0.2) is 5.11 Å². The maximum Gasteiger partial charge on any atom is 0.257 e. The Balaban J connectivity index is 2.03. The van der Waals surface area contributed by atoms with Gasteiger partial charge >= 0.3 is 0 Å². The first-order chi connectivity index (χ1) is 9.95. The maximum atomic E-state index is 12.8. The van der Waals surface area contributed by atoms with Crippen molar-refractivity contribution in [3.8, 4) is 0 Å². The van der Waals surface area contributed by atoms with Crippen molar-refractivity contribution >= 4 is 28.9 Å². The van der Waals surface area contributed by atoms with Gasteiger partial charge in [-0.05, 0) is 67.5 Å². The molecule has 2 rings (SSSR count). The lowest BCUT2D eigenvalue weighted by molar-refractivity contribution is 0.0977. The van der Waals surface area contributed by atoms with E-state index in [2.05, 4.69) is 10.6 Å². The number of anilines is 1. The Morgan fingerprint density at radius 3 is 2.43 bits per heavy atom. The minimum Gasteiger partial charge on any atom is -0.332 e. The van der Waals surface area contributed by atoms with Gasteiger partial charge in [0.25, 0.3) is 5.91 Å². The lowest BCUT2D eigenvalue weighted by Crippen LogP contribution is -2.34. The van der Waals surface area contributed by atoms with Crippen LogP contribution in [0.25, 0.3) is 0 Å². The van der Waals surface area contributed by atoms with Gasteiger partial charge < -0.3 is 5.32 Å². The molecule has 0 heterocycles. The van der Waals surface area contributed by atoms with Crippen molar-refractivity contribution in [1.82, 2.24) is 5.32 Å². The van der Waals surface area contributed by atoms with Gasteiger partial charge in [0.1, 0.15) is 5.82 Å². The first-order valence-corrected chi connectivity index (χ1v) is 6.81. The second-order valence-corrected chi connectivity index (χ2v) is 5.14. The molecule has 0 aliphatic rings. The lowest BCUT2D eigenvalue weighted by Gasteiger charge is -2.12. The molecule has 0 radical (unpaired) electrons. The Kier molecular flexibility index (Phi) is 4.65. The van der Waals surface area contributed by atoms with Crippen molar-refractivity contribution in [3.05, 3.63) is 65.0 Å². The second-order valence-electron chi connectivity index (χ2n) is 4.73. The van der Waals surface area contributed by atoms with E-state index in [1.807, 2.05) is 32.0 Å². The van der Waals surface area contributed by atoms with Crippen LogP contribution < -0.4 is 10.6 Å². The normalized spacial score (nSPS) is 10.0. The van der Waals surface area contributed by atoms with E-state index in [0.29, 0.717) is 5.56 Å². The molecule has 0 fully saturated rings. The molecule has 108 valence electrons. The molecule has 2 aromatic rings. The van der Waals surface area contributed by atoms with Crippen LogP contribution in [0.3, 0.4) is 0 Å². The van der Waals surface area contributed by atoms with Crippen molar-refractivity contribution in [1.29, 1.82) is 0 Å². The molecule has 0 aromatic heterocycles. The molecule has 2 N–H and O–H groups in total. The summed E-state index contributed by atoms with van der Waals surface area (Å²) in [6.45, 7) is 3.93. The van der Waals surface area contributed by atoms with Gasteiger partial charge in [-0.2, -0.15) is 0 Å². The highest BCUT2D eigenvalue weighted by Crippen LogP contribution is 2.16. The molecule has 0 spiro atoms. The van der Waals surface area contributed by atoms with Crippen molar-refractivity contribution in [2.75, 3.05) is 5.32 Å². The zero-order valence-electron chi connectivity index (χ0n) is 11.7. The van der Waals surface area contributed by atoms with Crippen LogP contribution in [-0.2, 0) is 0 Å². The summed E-state index contributed by atoms with van der Waals surface area (Å²) in [6.07, 6.45) is 0. The summed E-state index contributed by atoms with van der Waals surface area (Å²) in [7, 11) is 0. The number of amides is 1. The molecule has 0 atom stereocenters. The Labute approximate surface area is 128 Å². The summed E-state index contributed by atoms with van der Waals surface area (Å²) < 4.78 is 12.8. The van der Waals surface area contributed by atoms with Crippen LogP contribution in [0.4, 0.5) is 10.1 Å². The average molecular weight is 302 g/mol. The summed E-state index contributed by atoms with van der Waals surface area (Å²) in [5.41, 5.74) is 3.32. The molecule has 0 unspecified atom stereocenters. The minimum atomic E-state index is -0.386. The van der Waals surface area contributed by atoms with E-state index < -0.39 is 0 Å². The largest absolute Gasteiger partial charge is 0.332 e. The number of carbonyl (C=O) groups excluding carboxylic acids is 1. The van der Waals surface area contributed by atoms with Crippen LogP contribution in [0, 0.1) is 19.7 Å². The predicted molar refractivity (Wildman–Crippen MR) is 86.0 cm³/mol. The molecule has 21 heavy (non-hydrogen) atoms. The number of carbonyl (C=O) groups is 1. The van der Waals surface area contributed by atoms with Gasteiger partial charge in [-0.15, -0.1) is 0 Å². The van der Waals surface area contributed by atoms with E-state index in [1.165, 1.54) is 24.3 Å². The molecule has 0 aliphatic carbocycles. The fourth-order valence-corrected chi connectivity index (χ4v) is 2.00. The molecule has 1 amide bonds. The molecule has 2 aromatic carbocycles. The topological polar surface area (TPSA) is 41.1 Å². The van der Waals surface area contributed by atoms with E-state index >= 15 is 0 Å². The molecule has 0 bridgehead atoms. The van der Waals surface area contributed by atoms with E-state index in [-0.39, 0.29) is 16.8 Å². The van der Waals surface area contributed by atoms with E-state index in [1.54, 1.807) is 0 Å². The molecule has 0 aliphatic heterocycles. The third-order valence-electron chi connectivity index (χ3n) is 2.97. The highest BCUT2D eigenvalue weighted by molar-refractivity contribution is 7.80. The van der Waals surface area contributed by atoms with E-state index in [4.69, 9.17) is 12.2 Å². The summed E-state index contributed by atoms with van der Waals surface area (Å²) in [6, 6.07) is 11.2. The maximum absolute atomic E-state index is 12.8. The van der Waals surface area contributed by atoms with Crippen LogP contribution >= 0.6 is 12.2 Å². The Morgan fingerprint density at radius 2 is 1.76 bits per heavy atom. The van der Waals surface area contributed by atoms with Gasteiger partial charge in [-0.1, -0.05) is 12.1 Å². The first-order valence-electron chi connectivity index (χ1n) is 6.41. The highest BCUT2D eigenvalue weighted by atomic mass is 32.1. The van der Waals surface area contributed by atoms with Crippen LogP contribution in [0.2, 0.25) is 0 Å². The standard InChI is InChI=1S/C16H15FN2OS/c1-10-3-4-11(2)14(9-10)18-16(21)19-15(20)12-5-7-13(17)8-6-12/h3-9H,1-2H3,(H2,18,19,20,21). The predicted octanol–water partition coefficient (Wildman–Crippen LogP) is 3.57. The third-order valence-corrected chi connectivity index (χ3v) is 3.18. The summed E-state index contributed by atoms with van der Waals surface area (Å²) in [4.78, 5) is 11.9. The SMILES string of the molecule is Cc1ccc(C)c(NC(=S)NC(=O)c2ccc(F)cc2)c1. The Bertz CT molecular complexity index is 683. The minimum absolute atomic E-state index is 0.207. The number of aryl methyl sites for hydroxylation is 2. The van der Waals surface area contributed by atoms with Crippen molar-refractivity contribution in [2.45, 2.75) is 13.8 Å². The molecular weight excluding hydrogens is 287 g/mol. The van der Waals surface area contributed by atoms with Gasteiger partial charge in [-0.3, -0.25) is 10.1 Å². The smallest absolute Gasteiger partial charge is 0.257 e. The number of thiocarbonyl (C=S) groups is 1. The fourth-order valence-electron chi connectivity index (χ4n) is 1.80. The monoisotopic (exact) mass is 302 g/mol. The van der Waals surface area contributed by atoms with Gasteiger partial charge in [0, 0.05) is 11.3 Å². The molecule has 0 saturated heterocycles. The number of rotatable bonds is 2. The van der Waals surface area contributed by atoms with Crippen LogP contribution in [0.5, 0.6) is 0 Å². The number of halogens is 1. The number of benzene rings is 2. The third kappa shape index (κ3) is 4.10. The molecule has 0 saturated carbocycles. The number of nitrogens with one attached hydrogen (secondary N) is 2. The average Bonchev–Trinajstić information content (AvgIpc) is 2.43. The number of hydrogen-bond donors (Lipinski definition) is 2. The number of hydrogen-bond acceptors (Lipinski definition) is 2. The van der Waals surface area contributed by atoms with Crippen molar-refractivity contribution in [2.24, 2.45) is 0 Å². The van der Waals surface area contributed by atoms with E-state index in [0.717, 1.165) is 16.8 Å². The molecule has 5 heteroatoms. The zero-order chi connectivity index (χ0) is 15.4. The van der Waals surface area contributed by atoms with Crippen molar-refractivity contribution in [3.63, 3.8) is 0 Å². The van der Waals surface area contributed by atoms with Gasteiger partial charge in [0.05, 0.1) is 0 Å².